The zero-order valence-electron chi connectivity index (χ0n) is 9.50. The molecular weight excluding hydrogens is 203 g/mol. The second-order valence-corrected chi connectivity index (χ2v) is 3.91. The van der Waals surface area contributed by atoms with E-state index in [1.165, 1.54) is 23.5 Å². The van der Waals surface area contributed by atoms with E-state index in [-0.39, 0.29) is 5.82 Å². The molecule has 2 aromatic rings. The minimum absolute atomic E-state index is 0.197. The Bertz CT molecular complexity index is 452. The predicted octanol–water partition coefficient (Wildman–Crippen LogP) is 2.99. The second-order valence-electron chi connectivity index (χ2n) is 3.91. The molecule has 1 aromatic carbocycles. The van der Waals surface area contributed by atoms with E-state index in [0.717, 1.165) is 5.56 Å². The maximum atomic E-state index is 12.7. The van der Waals surface area contributed by atoms with Crippen LogP contribution in [0.25, 0.3) is 0 Å². The number of rotatable bonds is 3. The summed E-state index contributed by atoms with van der Waals surface area (Å²) >= 11 is 0. The Kier molecular flexibility index (Phi) is 2.95. The first-order valence-electron chi connectivity index (χ1n) is 5.30. The molecule has 1 aromatic heterocycles. The van der Waals surface area contributed by atoms with Crippen molar-refractivity contribution in [1.82, 2.24) is 4.68 Å². The van der Waals surface area contributed by atoms with E-state index < -0.39 is 0 Å². The normalized spacial score (nSPS) is 10.4. The van der Waals surface area contributed by atoms with Gasteiger partial charge in [0.05, 0.1) is 6.54 Å². The minimum atomic E-state index is -0.197. The lowest BCUT2D eigenvalue weighted by atomic mass is 10.2. The quantitative estimate of drug-likeness (QED) is 0.838. The molecule has 0 radical (unpaired) electrons. The van der Waals surface area contributed by atoms with Crippen molar-refractivity contribution >= 4 is 0 Å². The van der Waals surface area contributed by atoms with Crippen LogP contribution >= 0.6 is 0 Å². The largest absolute Gasteiger partial charge is 0.322 e. The number of hydrogen-bond acceptors (Lipinski definition) is 1. The highest BCUT2D eigenvalue weighted by Gasteiger charge is 2.00. The Labute approximate surface area is 94.7 Å². The lowest BCUT2D eigenvalue weighted by Gasteiger charge is -2.12. The van der Waals surface area contributed by atoms with E-state index in [4.69, 9.17) is 0 Å². The van der Waals surface area contributed by atoms with E-state index >= 15 is 0 Å². The number of aromatic nitrogens is 1. The van der Waals surface area contributed by atoms with E-state index in [9.17, 15) is 4.39 Å². The fourth-order valence-electron chi connectivity index (χ4n) is 1.69. The van der Waals surface area contributed by atoms with Gasteiger partial charge in [-0.3, -0.25) is 4.68 Å². The fourth-order valence-corrected chi connectivity index (χ4v) is 1.69. The Hall–Kier alpha value is -1.77. The van der Waals surface area contributed by atoms with Crippen LogP contribution in [0.5, 0.6) is 0 Å². The molecule has 0 saturated heterocycles. The Morgan fingerprint density at radius 1 is 1.00 bits per heavy atom. The van der Waals surface area contributed by atoms with Gasteiger partial charge in [-0.25, -0.2) is 4.39 Å². The van der Waals surface area contributed by atoms with Gasteiger partial charge in [-0.1, -0.05) is 12.1 Å². The zero-order valence-corrected chi connectivity index (χ0v) is 9.50. The summed E-state index contributed by atoms with van der Waals surface area (Å²) in [6.45, 7) is 4.78. The topological polar surface area (TPSA) is 17.0 Å². The molecule has 3 heteroatoms. The highest BCUT2D eigenvalue weighted by Crippen LogP contribution is 2.07. The van der Waals surface area contributed by atoms with E-state index in [2.05, 4.69) is 17.6 Å². The SMILES string of the molecule is Cc1ccc(C)n1NCc1ccc(F)cc1. The lowest BCUT2D eigenvalue weighted by Crippen LogP contribution is -2.16. The van der Waals surface area contributed by atoms with Gasteiger partial charge >= 0.3 is 0 Å². The van der Waals surface area contributed by atoms with Gasteiger partial charge in [0.2, 0.25) is 0 Å². The van der Waals surface area contributed by atoms with Crippen LogP contribution in [-0.4, -0.2) is 4.68 Å². The smallest absolute Gasteiger partial charge is 0.123 e. The molecule has 0 aliphatic rings. The molecule has 84 valence electrons. The van der Waals surface area contributed by atoms with Gasteiger partial charge in [-0.2, -0.15) is 0 Å². The zero-order chi connectivity index (χ0) is 11.5. The van der Waals surface area contributed by atoms with Crippen molar-refractivity contribution in [3.05, 3.63) is 59.2 Å². The van der Waals surface area contributed by atoms with E-state index in [1.807, 2.05) is 18.5 Å². The van der Waals surface area contributed by atoms with Crippen LogP contribution in [0, 0.1) is 19.7 Å². The van der Waals surface area contributed by atoms with Gasteiger partial charge in [0.1, 0.15) is 5.82 Å². The van der Waals surface area contributed by atoms with Crippen molar-refractivity contribution in [2.24, 2.45) is 0 Å². The lowest BCUT2D eigenvalue weighted by molar-refractivity contribution is 0.627. The molecule has 0 amide bonds. The molecule has 0 aliphatic heterocycles. The minimum Gasteiger partial charge on any atom is -0.322 e. The summed E-state index contributed by atoms with van der Waals surface area (Å²) in [5.41, 5.74) is 6.69. The standard InChI is InChI=1S/C13H15FN2/c1-10-3-4-11(2)16(10)15-9-12-5-7-13(14)8-6-12/h3-8,15H,9H2,1-2H3. The first-order chi connectivity index (χ1) is 7.66. The van der Waals surface area contributed by atoms with E-state index in [0.29, 0.717) is 6.54 Å². The van der Waals surface area contributed by atoms with Crippen LogP contribution in [0.1, 0.15) is 17.0 Å². The Morgan fingerprint density at radius 3 is 2.12 bits per heavy atom. The summed E-state index contributed by atoms with van der Waals surface area (Å²) in [5.74, 6) is -0.197. The van der Waals surface area contributed by atoms with Crippen LogP contribution in [-0.2, 0) is 6.54 Å². The number of benzene rings is 1. The molecule has 1 heterocycles. The molecule has 1 N–H and O–H groups in total. The van der Waals surface area contributed by atoms with E-state index in [1.54, 1.807) is 12.1 Å². The van der Waals surface area contributed by atoms with Gasteiger partial charge in [-0.05, 0) is 43.7 Å². The molecule has 16 heavy (non-hydrogen) atoms. The monoisotopic (exact) mass is 218 g/mol. The summed E-state index contributed by atoms with van der Waals surface area (Å²) in [6.07, 6.45) is 0. The first-order valence-corrected chi connectivity index (χ1v) is 5.30. The number of nitrogens with one attached hydrogen (secondary N) is 1. The summed E-state index contributed by atoms with van der Waals surface area (Å²) in [7, 11) is 0. The molecular formula is C13H15FN2. The molecule has 0 bridgehead atoms. The van der Waals surface area contributed by atoms with Crippen LogP contribution in [0.4, 0.5) is 4.39 Å². The maximum Gasteiger partial charge on any atom is 0.123 e. The highest BCUT2D eigenvalue weighted by molar-refractivity contribution is 5.19. The summed E-state index contributed by atoms with van der Waals surface area (Å²) < 4.78 is 14.7. The number of aryl methyl sites for hydroxylation is 2. The maximum absolute atomic E-state index is 12.7. The third-order valence-electron chi connectivity index (χ3n) is 2.63. The van der Waals surface area contributed by atoms with Gasteiger partial charge in [-0.15, -0.1) is 0 Å². The molecule has 0 fully saturated rings. The highest BCUT2D eigenvalue weighted by atomic mass is 19.1. The van der Waals surface area contributed by atoms with Gasteiger partial charge in [0.15, 0.2) is 0 Å². The third-order valence-corrected chi connectivity index (χ3v) is 2.63. The average molecular weight is 218 g/mol. The molecule has 0 spiro atoms. The molecule has 0 atom stereocenters. The van der Waals surface area contributed by atoms with Crippen molar-refractivity contribution in [2.75, 3.05) is 5.43 Å². The van der Waals surface area contributed by atoms with Crippen molar-refractivity contribution in [2.45, 2.75) is 20.4 Å². The van der Waals surface area contributed by atoms with Crippen molar-refractivity contribution in [3.63, 3.8) is 0 Å². The fraction of sp³-hybridized carbons (Fsp3) is 0.231. The Morgan fingerprint density at radius 2 is 1.56 bits per heavy atom. The van der Waals surface area contributed by atoms with Crippen molar-refractivity contribution < 1.29 is 4.39 Å². The average Bonchev–Trinajstić information content (AvgIpc) is 2.59. The van der Waals surface area contributed by atoms with Crippen molar-refractivity contribution in [1.29, 1.82) is 0 Å². The summed E-state index contributed by atoms with van der Waals surface area (Å²) in [4.78, 5) is 0. The van der Waals surface area contributed by atoms with Crippen LogP contribution in [0.2, 0.25) is 0 Å². The van der Waals surface area contributed by atoms with Gasteiger partial charge in [0.25, 0.3) is 0 Å². The van der Waals surface area contributed by atoms with Crippen LogP contribution in [0.15, 0.2) is 36.4 Å². The molecule has 2 rings (SSSR count). The Balaban J connectivity index is 2.05. The first kappa shape index (κ1) is 10.7. The predicted molar refractivity (Wildman–Crippen MR) is 63.4 cm³/mol. The number of hydrogen-bond donors (Lipinski definition) is 1. The van der Waals surface area contributed by atoms with Crippen LogP contribution in [0.3, 0.4) is 0 Å². The number of halogens is 1. The summed E-state index contributed by atoms with van der Waals surface area (Å²) in [5, 5.41) is 0. The molecule has 0 saturated carbocycles. The van der Waals surface area contributed by atoms with Gasteiger partial charge < -0.3 is 5.43 Å². The van der Waals surface area contributed by atoms with Crippen LogP contribution < -0.4 is 5.43 Å². The molecule has 0 unspecified atom stereocenters. The molecule has 2 nitrogen and oxygen atoms in total. The summed E-state index contributed by atoms with van der Waals surface area (Å²) in [6, 6.07) is 10.7. The van der Waals surface area contributed by atoms with Crippen molar-refractivity contribution in [3.8, 4) is 0 Å². The second kappa shape index (κ2) is 4.39. The number of nitrogens with zero attached hydrogens (tertiary/aromatic N) is 1. The van der Waals surface area contributed by atoms with Gasteiger partial charge in [0, 0.05) is 11.4 Å². The third kappa shape index (κ3) is 2.24. The molecule has 0 aliphatic carbocycles.